The molecular formula is C29H29N5O4S. The fourth-order valence-corrected chi connectivity index (χ4v) is 6.78. The van der Waals surface area contributed by atoms with Crippen LogP contribution in [0.15, 0.2) is 90.0 Å². The van der Waals surface area contributed by atoms with Gasteiger partial charge in [-0.1, -0.05) is 60.7 Å². The molecule has 0 bridgehead atoms. The number of rotatable bonds is 7. The minimum atomic E-state index is -3.47. The average molecular weight is 544 g/mol. The second kappa shape index (κ2) is 10.6. The molecule has 0 radical (unpaired) electrons. The number of piperazine rings is 1. The van der Waals surface area contributed by atoms with Crippen LogP contribution in [0.1, 0.15) is 16.7 Å². The fourth-order valence-electron chi connectivity index (χ4n) is 5.26. The highest BCUT2D eigenvalue weighted by Gasteiger charge is 2.31. The topological polar surface area (TPSA) is 97.6 Å². The molecule has 1 fully saturated rings. The number of ether oxygens (including phenoxy) is 1. The van der Waals surface area contributed by atoms with Gasteiger partial charge in [-0.05, 0) is 28.8 Å². The van der Waals surface area contributed by atoms with Gasteiger partial charge in [0.05, 0.1) is 11.9 Å². The number of benzene rings is 2. The van der Waals surface area contributed by atoms with Gasteiger partial charge in [0.1, 0.15) is 11.8 Å². The molecule has 2 aliphatic rings. The van der Waals surface area contributed by atoms with Gasteiger partial charge in [0.2, 0.25) is 15.8 Å². The third-order valence-electron chi connectivity index (χ3n) is 7.24. The van der Waals surface area contributed by atoms with Crippen LogP contribution in [0.2, 0.25) is 0 Å². The van der Waals surface area contributed by atoms with Gasteiger partial charge in [-0.15, -0.1) is 0 Å². The van der Waals surface area contributed by atoms with Gasteiger partial charge >= 0.3 is 5.56 Å². The summed E-state index contributed by atoms with van der Waals surface area (Å²) in [5, 5.41) is 4.41. The highest BCUT2D eigenvalue weighted by molar-refractivity contribution is 7.88. The van der Waals surface area contributed by atoms with E-state index in [1.807, 2.05) is 47.4 Å². The SMILES string of the molecule is O=c1c(OC2Cc3ccccc3C2)c(N2CCN(S(=O)(=O)Cc3ccccc3)CC2)cnn1-c1ccccn1. The Morgan fingerprint density at radius 1 is 0.846 bits per heavy atom. The quantitative estimate of drug-likeness (QED) is 0.354. The molecule has 10 heteroatoms. The van der Waals surface area contributed by atoms with Gasteiger partial charge in [0.25, 0.3) is 0 Å². The lowest BCUT2D eigenvalue weighted by atomic mass is 10.1. The van der Waals surface area contributed by atoms with Crippen LogP contribution in [-0.2, 0) is 28.6 Å². The molecule has 0 atom stereocenters. The Morgan fingerprint density at radius 3 is 2.18 bits per heavy atom. The molecule has 0 saturated carbocycles. The fraction of sp³-hybridized carbons (Fsp3) is 0.276. The van der Waals surface area contributed by atoms with Crippen molar-refractivity contribution >= 4 is 15.7 Å². The van der Waals surface area contributed by atoms with E-state index >= 15 is 0 Å². The minimum absolute atomic E-state index is 0.0356. The van der Waals surface area contributed by atoms with Crippen LogP contribution in [0.25, 0.3) is 5.82 Å². The maximum Gasteiger partial charge on any atom is 0.317 e. The van der Waals surface area contributed by atoms with E-state index in [1.165, 1.54) is 20.1 Å². The highest BCUT2D eigenvalue weighted by atomic mass is 32.2. The molecule has 6 rings (SSSR count). The molecule has 9 nitrogen and oxygen atoms in total. The lowest BCUT2D eigenvalue weighted by molar-refractivity contribution is 0.209. The van der Waals surface area contributed by atoms with E-state index in [2.05, 4.69) is 22.2 Å². The third-order valence-corrected chi connectivity index (χ3v) is 9.09. The number of fused-ring (bicyclic) bond motifs is 1. The van der Waals surface area contributed by atoms with Crippen molar-refractivity contribution in [1.82, 2.24) is 19.1 Å². The van der Waals surface area contributed by atoms with Crippen LogP contribution >= 0.6 is 0 Å². The van der Waals surface area contributed by atoms with E-state index < -0.39 is 10.0 Å². The summed E-state index contributed by atoms with van der Waals surface area (Å²) in [6.45, 7) is 1.47. The van der Waals surface area contributed by atoms with Crippen molar-refractivity contribution in [3.8, 4) is 11.6 Å². The van der Waals surface area contributed by atoms with Crippen molar-refractivity contribution in [2.45, 2.75) is 24.7 Å². The predicted octanol–water partition coefficient (Wildman–Crippen LogP) is 2.83. The van der Waals surface area contributed by atoms with Crippen molar-refractivity contribution < 1.29 is 13.2 Å². The maximum atomic E-state index is 13.7. The molecular weight excluding hydrogens is 514 g/mol. The van der Waals surface area contributed by atoms with Gasteiger partial charge in [-0.2, -0.15) is 14.1 Å². The van der Waals surface area contributed by atoms with E-state index in [0.717, 1.165) is 5.56 Å². The van der Waals surface area contributed by atoms with Gasteiger partial charge in [0.15, 0.2) is 5.82 Å². The molecule has 200 valence electrons. The highest BCUT2D eigenvalue weighted by Crippen LogP contribution is 2.31. The first-order valence-corrected chi connectivity index (χ1v) is 14.6. The molecule has 39 heavy (non-hydrogen) atoms. The Labute approximate surface area is 227 Å². The van der Waals surface area contributed by atoms with Gasteiger partial charge in [-0.25, -0.2) is 13.4 Å². The summed E-state index contributed by atoms with van der Waals surface area (Å²) in [6, 6.07) is 22.7. The summed E-state index contributed by atoms with van der Waals surface area (Å²) in [4.78, 5) is 20.0. The number of hydrogen-bond donors (Lipinski definition) is 0. The van der Waals surface area contributed by atoms with Gasteiger partial charge in [-0.3, -0.25) is 4.79 Å². The van der Waals surface area contributed by atoms with Crippen LogP contribution in [0.5, 0.6) is 5.75 Å². The summed E-state index contributed by atoms with van der Waals surface area (Å²) >= 11 is 0. The van der Waals surface area contributed by atoms with E-state index in [1.54, 1.807) is 30.6 Å². The number of aromatic nitrogens is 3. The summed E-state index contributed by atoms with van der Waals surface area (Å²) in [6.07, 6.45) is 4.49. The smallest absolute Gasteiger partial charge is 0.317 e. The molecule has 0 unspecified atom stereocenters. The van der Waals surface area contributed by atoms with Crippen LogP contribution in [0.3, 0.4) is 0 Å². The molecule has 0 N–H and O–H groups in total. The normalized spacial score (nSPS) is 16.3. The van der Waals surface area contributed by atoms with Crippen molar-refractivity contribution in [2.75, 3.05) is 31.1 Å². The van der Waals surface area contributed by atoms with Gasteiger partial charge < -0.3 is 9.64 Å². The molecule has 2 aromatic carbocycles. The first-order chi connectivity index (χ1) is 19.0. The number of anilines is 1. The molecule has 0 spiro atoms. The van der Waals surface area contributed by atoms with Crippen LogP contribution in [-0.4, -0.2) is 59.8 Å². The molecule has 4 aromatic rings. The standard InChI is InChI=1S/C29H29N5O4S/c35-29-28(38-25-18-23-10-4-5-11-24(23)19-25)26(20-31-34(29)27-12-6-7-13-30-27)32-14-16-33(17-15-32)39(36,37)21-22-8-2-1-3-9-22/h1-13,20,25H,14-19,21H2. The van der Waals surface area contributed by atoms with Crippen molar-refractivity contribution in [3.05, 3.63) is 112 Å². The Morgan fingerprint density at radius 2 is 1.51 bits per heavy atom. The van der Waals surface area contributed by atoms with Crippen LogP contribution < -0.4 is 15.2 Å². The van der Waals surface area contributed by atoms with E-state index in [4.69, 9.17) is 4.74 Å². The zero-order chi connectivity index (χ0) is 26.8. The molecule has 1 saturated heterocycles. The molecule has 0 amide bonds. The lowest BCUT2D eigenvalue weighted by Crippen LogP contribution is -2.49. The third kappa shape index (κ3) is 5.30. The zero-order valence-electron chi connectivity index (χ0n) is 21.4. The average Bonchev–Trinajstić information content (AvgIpc) is 3.38. The molecule has 1 aliphatic heterocycles. The Bertz CT molecular complexity index is 1590. The summed E-state index contributed by atoms with van der Waals surface area (Å²) < 4.78 is 35.3. The summed E-state index contributed by atoms with van der Waals surface area (Å²) in [5.74, 6) is 0.589. The minimum Gasteiger partial charge on any atom is -0.482 e. The number of hydrogen-bond acceptors (Lipinski definition) is 7. The number of sulfonamides is 1. The van der Waals surface area contributed by atoms with Crippen LogP contribution in [0, 0.1) is 0 Å². The second-order valence-corrected chi connectivity index (χ2v) is 11.8. The van der Waals surface area contributed by atoms with E-state index in [9.17, 15) is 13.2 Å². The Balaban J connectivity index is 1.25. The first kappa shape index (κ1) is 25.3. The number of pyridine rings is 1. The van der Waals surface area contributed by atoms with Crippen LogP contribution in [0.4, 0.5) is 5.69 Å². The summed E-state index contributed by atoms with van der Waals surface area (Å²) in [5.41, 5.74) is 3.39. The molecule has 1 aliphatic carbocycles. The van der Waals surface area contributed by atoms with Crippen molar-refractivity contribution in [1.29, 1.82) is 0 Å². The predicted molar refractivity (Wildman–Crippen MR) is 149 cm³/mol. The van der Waals surface area contributed by atoms with Gasteiger partial charge in [0, 0.05) is 45.2 Å². The summed E-state index contributed by atoms with van der Waals surface area (Å²) in [7, 11) is -3.47. The lowest BCUT2D eigenvalue weighted by Gasteiger charge is -2.36. The Hall–Kier alpha value is -4.02. The van der Waals surface area contributed by atoms with E-state index in [0.29, 0.717) is 50.5 Å². The van der Waals surface area contributed by atoms with Crippen molar-refractivity contribution in [3.63, 3.8) is 0 Å². The monoisotopic (exact) mass is 543 g/mol. The largest absolute Gasteiger partial charge is 0.482 e. The van der Waals surface area contributed by atoms with Crippen molar-refractivity contribution in [2.24, 2.45) is 0 Å². The number of nitrogens with zero attached hydrogens (tertiary/aromatic N) is 5. The zero-order valence-corrected chi connectivity index (χ0v) is 22.2. The molecule has 2 aromatic heterocycles. The second-order valence-electron chi connectivity index (χ2n) is 9.81. The molecule has 3 heterocycles. The van der Waals surface area contributed by atoms with E-state index in [-0.39, 0.29) is 23.2 Å². The first-order valence-electron chi connectivity index (χ1n) is 13.0. The Kier molecular flexibility index (Phi) is 6.88. The maximum absolute atomic E-state index is 13.7.